The lowest BCUT2D eigenvalue weighted by molar-refractivity contribution is 0.164. The molecule has 0 amide bonds. The number of nitrogens with one attached hydrogen (secondary N) is 1. The van der Waals surface area contributed by atoms with Gasteiger partial charge in [0.25, 0.3) is 0 Å². The van der Waals surface area contributed by atoms with Crippen LogP contribution < -0.4 is 5.32 Å². The molecule has 1 aromatic heterocycles. The monoisotopic (exact) mass is 284 g/mol. The van der Waals surface area contributed by atoms with E-state index < -0.39 is 0 Å². The van der Waals surface area contributed by atoms with Gasteiger partial charge in [-0.2, -0.15) is 5.10 Å². The van der Waals surface area contributed by atoms with Crippen molar-refractivity contribution in [3.05, 3.63) is 47.8 Å². The van der Waals surface area contributed by atoms with Crippen LogP contribution in [0.5, 0.6) is 0 Å². The SMILES string of the molecule is Cc1ccccc1-n1nccc1CN1CC(C)NC(C)C1. The minimum Gasteiger partial charge on any atom is -0.309 e. The molecular weight excluding hydrogens is 260 g/mol. The Kier molecular flexibility index (Phi) is 4.08. The Balaban J connectivity index is 1.82. The van der Waals surface area contributed by atoms with Crippen LogP contribution in [0.1, 0.15) is 25.1 Å². The number of hydrogen-bond donors (Lipinski definition) is 1. The number of rotatable bonds is 3. The molecule has 0 spiro atoms. The molecule has 2 atom stereocenters. The van der Waals surface area contributed by atoms with Crippen molar-refractivity contribution in [3.63, 3.8) is 0 Å². The minimum atomic E-state index is 0.545. The first kappa shape index (κ1) is 14.3. The van der Waals surface area contributed by atoms with Crippen LogP contribution in [0.2, 0.25) is 0 Å². The van der Waals surface area contributed by atoms with Crippen molar-refractivity contribution in [2.24, 2.45) is 0 Å². The summed E-state index contributed by atoms with van der Waals surface area (Å²) in [6.45, 7) is 9.76. The standard InChI is InChI=1S/C17H24N4/c1-13-6-4-5-7-17(13)21-16(8-9-18-21)12-20-10-14(2)19-15(3)11-20/h4-9,14-15,19H,10-12H2,1-3H3. The number of para-hydroxylation sites is 1. The molecule has 1 aromatic carbocycles. The van der Waals surface area contributed by atoms with Crippen molar-refractivity contribution < 1.29 is 0 Å². The van der Waals surface area contributed by atoms with Crippen molar-refractivity contribution in [2.45, 2.75) is 39.4 Å². The molecule has 4 nitrogen and oxygen atoms in total. The van der Waals surface area contributed by atoms with E-state index in [2.05, 4.69) is 71.1 Å². The highest BCUT2D eigenvalue weighted by atomic mass is 15.3. The largest absolute Gasteiger partial charge is 0.309 e. The molecule has 112 valence electrons. The lowest BCUT2D eigenvalue weighted by Crippen LogP contribution is -2.53. The summed E-state index contributed by atoms with van der Waals surface area (Å²) < 4.78 is 2.08. The van der Waals surface area contributed by atoms with Crippen molar-refractivity contribution in [1.29, 1.82) is 0 Å². The highest BCUT2D eigenvalue weighted by Crippen LogP contribution is 2.17. The Bertz CT molecular complexity index is 594. The van der Waals surface area contributed by atoms with Gasteiger partial charge in [0.1, 0.15) is 0 Å². The zero-order valence-electron chi connectivity index (χ0n) is 13.1. The van der Waals surface area contributed by atoms with E-state index in [9.17, 15) is 0 Å². The fraction of sp³-hybridized carbons (Fsp3) is 0.471. The van der Waals surface area contributed by atoms with Crippen LogP contribution in [-0.2, 0) is 6.54 Å². The lowest BCUT2D eigenvalue weighted by atomic mass is 10.1. The third kappa shape index (κ3) is 3.17. The highest BCUT2D eigenvalue weighted by molar-refractivity contribution is 5.40. The summed E-state index contributed by atoms with van der Waals surface area (Å²) in [6, 6.07) is 11.6. The summed E-state index contributed by atoms with van der Waals surface area (Å²) >= 11 is 0. The van der Waals surface area contributed by atoms with Crippen LogP contribution in [0.3, 0.4) is 0 Å². The van der Waals surface area contributed by atoms with Gasteiger partial charge in [0.05, 0.1) is 11.4 Å². The number of piperazine rings is 1. The second-order valence-corrected chi connectivity index (χ2v) is 6.18. The molecule has 0 bridgehead atoms. The van der Waals surface area contributed by atoms with E-state index in [1.54, 1.807) is 0 Å². The smallest absolute Gasteiger partial charge is 0.0678 e. The minimum absolute atomic E-state index is 0.545. The van der Waals surface area contributed by atoms with Crippen LogP contribution in [0.15, 0.2) is 36.5 Å². The molecule has 1 N–H and O–H groups in total. The van der Waals surface area contributed by atoms with E-state index in [0.29, 0.717) is 12.1 Å². The molecule has 4 heteroatoms. The van der Waals surface area contributed by atoms with Crippen LogP contribution >= 0.6 is 0 Å². The molecule has 0 saturated carbocycles. The molecule has 1 aliphatic rings. The summed E-state index contributed by atoms with van der Waals surface area (Å²) in [5.41, 5.74) is 3.68. The molecule has 21 heavy (non-hydrogen) atoms. The van der Waals surface area contributed by atoms with Gasteiger partial charge in [-0.1, -0.05) is 18.2 Å². The van der Waals surface area contributed by atoms with Gasteiger partial charge >= 0.3 is 0 Å². The van der Waals surface area contributed by atoms with Gasteiger partial charge in [-0.25, -0.2) is 4.68 Å². The molecule has 1 aliphatic heterocycles. The van der Waals surface area contributed by atoms with E-state index >= 15 is 0 Å². The average molecular weight is 284 g/mol. The number of nitrogens with zero attached hydrogens (tertiary/aromatic N) is 3. The molecule has 1 saturated heterocycles. The van der Waals surface area contributed by atoms with Gasteiger partial charge in [-0.3, -0.25) is 4.90 Å². The van der Waals surface area contributed by atoms with Crippen LogP contribution in [-0.4, -0.2) is 39.9 Å². The number of benzene rings is 1. The molecule has 2 unspecified atom stereocenters. The first-order valence-electron chi connectivity index (χ1n) is 7.71. The second kappa shape index (κ2) is 6.00. The molecule has 0 aliphatic carbocycles. The van der Waals surface area contributed by atoms with E-state index in [4.69, 9.17) is 0 Å². The molecule has 0 radical (unpaired) electrons. The molecular formula is C17H24N4. The summed E-state index contributed by atoms with van der Waals surface area (Å²) in [7, 11) is 0. The number of hydrogen-bond acceptors (Lipinski definition) is 3. The Morgan fingerprint density at radius 3 is 2.57 bits per heavy atom. The highest BCUT2D eigenvalue weighted by Gasteiger charge is 2.22. The maximum absolute atomic E-state index is 4.53. The van der Waals surface area contributed by atoms with Crippen LogP contribution in [0, 0.1) is 6.92 Å². The molecule has 2 aromatic rings. The maximum Gasteiger partial charge on any atom is 0.0678 e. The average Bonchev–Trinajstić information content (AvgIpc) is 2.86. The summed E-state index contributed by atoms with van der Waals surface area (Å²) in [5, 5.41) is 8.11. The van der Waals surface area contributed by atoms with Gasteiger partial charge < -0.3 is 5.32 Å². The molecule has 1 fully saturated rings. The zero-order chi connectivity index (χ0) is 14.8. The Morgan fingerprint density at radius 2 is 1.86 bits per heavy atom. The van der Waals surface area contributed by atoms with E-state index in [1.807, 2.05) is 6.20 Å². The topological polar surface area (TPSA) is 33.1 Å². The van der Waals surface area contributed by atoms with Gasteiger partial charge in [-0.15, -0.1) is 0 Å². The number of aromatic nitrogens is 2. The normalized spacial score (nSPS) is 23.4. The lowest BCUT2D eigenvalue weighted by Gasteiger charge is -2.36. The third-order valence-corrected chi connectivity index (χ3v) is 4.08. The number of aryl methyl sites for hydroxylation is 1. The quantitative estimate of drug-likeness (QED) is 0.939. The van der Waals surface area contributed by atoms with Crippen molar-refractivity contribution >= 4 is 0 Å². The van der Waals surface area contributed by atoms with Crippen molar-refractivity contribution in [3.8, 4) is 5.69 Å². The van der Waals surface area contributed by atoms with Gasteiger partial charge in [0.2, 0.25) is 0 Å². The summed E-state index contributed by atoms with van der Waals surface area (Å²) in [6.07, 6.45) is 1.90. The molecule has 2 heterocycles. The van der Waals surface area contributed by atoms with Crippen LogP contribution in [0.25, 0.3) is 5.69 Å². The van der Waals surface area contributed by atoms with E-state index in [-0.39, 0.29) is 0 Å². The first-order chi connectivity index (χ1) is 10.1. The Morgan fingerprint density at radius 1 is 1.14 bits per heavy atom. The summed E-state index contributed by atoms with van der Waals surface area (Å²) in [4.78, 5) is 2.51. The zero-order valence-corrected chi connectivity index (χ0v) is 13.1. The summed E-state index contributed by atoms with van der Waals surface area (Å²) in [5.74, 6) is 0. The fourth-order valence-corrected chi connectivity index (χ4v) is 3.27. The van der Waals surface area contributed by atoms with E-state index in [0.717, 1.165) is 19.6 Å². The second-order valence-electron chi connectivity index (χ2n) is 6.18. The van der Waals surface area contributed by atoms with Crippen molar-refractivity contribution in [2.75, 3.05) is 13.1 Å². The third-order valence-electron chi connectivity index (χ3n) is 4.08. The van der Waals surface area contributed by atoms with E-state index in [1.165, 1.54) is 16.9 Å². The van der Waals surface area contributed by atoms with Crippen LogP contribution in [0.4, 0.5) is 0 Å². The Labute approximate surface area is 126 Å². The molecule has 3 rings (SSSR count). The predicted octanol–water partition coefficient (Wildman–Crippen LogP) is 2.36. The van der Waals surface area contributed by atoms with Gasteiger partial charge in [0.15, 0.2) is 0 Å². The first-order valence-corrected chi connectivity index (χ1v) is 7.71. The maximum atomic E-state index is 4.53. The fourth-order valence-electron chi connectivity index (χ4n) is 3.27. The van der Waals surface area contributed by atoms with Crippen molar-refractivity contribution in [1.82, 2.24) is 20.0 Å². The van der Waals surface area contributed by atoms with Gasteiger partial charge in [-0.05, 0) is 38.5 Å². The predicted molar refractivity (Wildman–Crippen MR) is 85.6 cm³/mol. The van der Waals surface area contributed by atoms with Gasteiger partial charge in [0, 0.05) is 37.9 Å². The Hall–Kier alpha value is -1.65.